The Labute approximate surface area is 104 Å². The Kier molecular flexibility index (Phi) is 4.41. The second-order valence-electron chi connectivity index (χ2n) is 5.46. The molecule has 1 aliphatic rings. The fraction of sp³-hybridized carbons (Fsp3) is 0.769. The molecule has 1 rings (SSSR count). The largest absolute Gasteiger partial charge is 0.444 e. The van der Waals surface area contributed by atoms with E-state index in [9.17, 15) is 4.79 Å². The number of nitrogens with zero attached hydrogens (tertiary/aromatic N) is 2. The third-order valence-electron chi connectivity index (χ3n) is 2.65. The molecule has 1 fully saturated rings. The van der Waals surface area contributed by atoms with Gasteiger partial charge in [-0.25, -0.2) is 4.79 Å². The lowest BCUT2D eigenvalue weighted by Crippen LogP contribution is -2.54. The zero-order valence-corrected chi connectivity index (χ0v) is 11.2. The number of ether oxygens (including phenoxy) is 1. The molecule has 96 valence electrons. The van der Waals surface area contributed by atoms with Gasteiger partial charge in [-0.3, -0.25) is 4.90 Å². The molecule has 0 bridgehead atoms. The van der Waals surface area contributed by atoms with E-state index in [4.69, 9.17) is 11.2 Å². The third kappa shape index (κ3) is 4.27. The van der Waals surface area contributed by atoms with E-state index in [-0.39, 0.29) is 12.1 Å². The summed E-state index contributed by atoms with van der Waals surface area (Å²) >= 11 is 0. The van der Waals surface area contributed by atoms with Crippen molar-refractivity contribution in [2.45, 2.75) is 39.3 Å². The maximum Gasteiger partial charge on any atom is 0.410 e. The number of piperazine rings is 1. The van der Waals surface area contributed by atoms with Crippen LogP contribution in [0, 0.1) is 12.3 Å². The van der Waals surface area contributed by atoms with Gasteiger partial charge < -0.3 is 9.64 Å². The van der Waals surface area contributed by atoms with Crippen molar-refractivity contribution >= 4 is 6.09 Å². The van der Waals surface area contributed by atoms with Gasteiger partial charge in [0.1, 0.15) is 5.60 Å². The smallest absolute Gasteiger partial charge is 0.410 e. The maximum atomic E-state index is 11.9. The first-order chi connectivity index (χ1) is 7.83. The number of carbonyl (C=O) groups is 1. The summed E-state index contributed by atoms with van der Waals surface area (Å²) in [7, 11) is 0. The monoisotopic (exact) mass is 238 g/mol. The molecule has 1 heterocycles. The molecule has 0 saturated carbocycles. The highest BCUT2D eigenvalue weighted by Crippen LogP contribution is 2.15. The van der Waals surface area contributed by atoms with Gasteiger partial charge in [0.15, 0.2) is 0 Å². The number of terminal acetylenes is 1. The number of rotatable bonds is 1. The van der Waals surface area contributed by atoms with E-state index in [1.54, 1.807) is 4.90 Å². The molecular formula is C13H22N2O2. The number of amides is 1. The Hall–Kier alpha value is -1.21. The normalized spacial score (nSPS) is 22.1. The van der Waals surface area contributed by atoms with Crippen LogP contribution in [0.2, 0.25) is 0 Å². The minimum Gasteiger partial charge on any atom is -0.444 e. The summed E-state index contributed by atoms with van der Waals surface area (Å²) in [6.45, 7) is 10.6. The van der Waals surface area contributed by atoms with Gasteiger partial charge in [0, 0.05) is 25.7 Å². The summed E-state index contributed by atoms with van der Waals surface area (Å²) in [6.07, 6.45) is 5.05. The van der Waals surface area contributed by atoms with E-state index in [0.717, 1.165) is 13.1 Å². The molecule has 0 unspecified atom stereocenters. The molecule has 1 aliphatic heterocycles. The van der Waals surface area contributed by atoms with Crippen LogP contribution in [0.15, 0.2) is 0 Å². The van der Waals surface area contributed by atoms with Crippen molar-refractivity contribution in [3.63, 3.8) is 0 Å². The Morgan fingerprint density at radius 1 is 1.47 bits per heavy atom. The summed E-state index contributed by atoms with van der Waals surface area (Å²) in [5.74, 6) is 2.63. The quantitative estimate of drug-likeness (QED) is 0.650. The van der Waals surface area contributed by atoms with Crippen molar-refractivity contribution < 1.29 is 9.53 Å². The average Bonchev–Trinajstić information content (AvgIpc) is 2.15. The highest BCUT2D eigenvalue weighted by atomic mass is 16.6. The van der Waals surface area contributed by atoms with Crippen molar-refractivity contribution in [1.29, 1.82) is 0 Å². The molecule has 0 aromatic rings. The van der Waals surface area contributed by atoms with E-state index < -0.39 is 5.60 Å². The van der Waals surface area contributed by atoms with Gasteiger partial charge in [-0.05, 0) is 27.7 Å². The number of hydrogen-bond donors (Lipinski definition) is 0. The van der Waals surface area contributed by atoms with Gasteiger partial charge >= 0.3 is 6.09 Å². The highest BCUT2D eigenvalue weighted by molar-refractivity contribution is 5.68. The van der Waals surface area contributed by atoms with Gasteiger partial charge in [-0.1, -0.05) is 5.92 Å². The Bertz CT molecular complexity index is 314. The molecule has 1 amide bonds. The van der Waals surface area contributed by atoms with Crippen molar-refractivity contribution in [3.8, 4) is 12.3 Å². The maximum absolute atomic E-state index is 11.9. The Morgan fingerprint density at radius 3 is 2.59 bits per heavy atom. The molecule has 17 heavy (non-hydrogen) atoms. The van der Waals surface area contributed by atoms with E-state index in [2.05, 4.69) is 10.8 Å². The fourth-order valence-electron chi connectivity index (χ4n) is 1.90. The van der Waals surface area contributed by atoms with Crippen LogP contribution >= 0.6 is 0 Å². The lowest BCUT2D eigenvalue weighted by atomic mass is 10.2. The lowest BCUT2D eigenvalue weighted by Gasteiger charge is -2.39. The number of hydrogen-bond acceptors (Lipinski definition) is 3. The minimum atomic E-state index is -0.438. The third-order valence-corrected chi connectivity index (χ3v) is 2.65. The molecule has 0 radical (unpaired) electrons. The molecule has 0 N–H and O–H groups in total. The molecule has 0 aliphatic carbocycles. The van der Waals surface area contributed by atoms with Crippen molar-refractivity contribution in [3.05, 3.63) is 0 Å². The first kappa shape index (κ1) is 13.9. The molecule has 0 aromatic heterocycles. The summed E-state index contributed by atoms with van der Waals surface area (Å²) in [4.78, 5) is 15.9. The van der Waals surface area contributed by atoms with Gasteiger partial charge in [0.2, 0.25) is 0 Å². The Morgan fingerprint density at radius 2 is 2.12 bits per heavy atom. The molecular weight excluding hydrogens is 216 g/mol. The van der Waals surface area contributed by atoms with Crippen molar-refractivity contribution in [2.24, 2.45) is 0 Å². The SMILES string of the molecule is C#CCN1CCN(C(=O)OC(C)(C)C)[C@@H](C)C1. The van der Waals surface area contributed by atoms with Crippen LogP contribution in [-0.4, -0.2) is 53.7 Å². The number of carbonyl (C=O) groups excluding carboxylic acids is 1. The van der Waals surface area contributed by atoms with Gasteiger partial charge in [0.25, 0.3) is 0 Å². The summed E-state index contributed by atoms with van der Waals surface area (Å²) in [5, 5.41) is 0. The van der Waals surface area contributed by atoms with E-state index >= 15 is 0 Å². The summed E-state index contributed by atoms with van der Waals surface area (Å²) < 4.78 is 5.37. The van der Waals surface area contributed by atoms with Crippen LogP contribution in [-0.2, 0) is 4.74 Å². The molecule has 1 atom stereocenters. The van der Waals surface area contributed by atoms with Crippen molar-refractivity contribution in [1.82, 2.24) is 9.80 Å². The fourth-order valence-corrected chi connectivity index (χ4v) is 1.90. The minimum absolute atomic E-state index is 0.145. The highest BCUT2D eigenvalue weighted by Gasteiger charge is 2.30. The first-order valence-corrected chi connectivity index (χ1v) is 5.99. The van der Waals surface area contributed by atoms with E-state index in [1.165, 1.54) is 0 Å². The van der Waals surface area contributed by atoms with Gasteiger partial charge in [-0.2, -0.15) is 0 Å². The second-order valence-corrected chi connectivity index (χ2v) is 5.46. The second kappa shape index (κ2) is 5.42. The van der Waals surface area contributed by atoms with E-state index in [0.29, 0.717) is 13.1 Å². The topological polar surface area (TPSA) is 32.8 Å². The molecule has 4 heteroatoms. The zero-order valence-electron chi connectivity index (χ0n) is 11.2. The predicted octanol–water partition coefficient (Wildman–Crippen LogP) is 1.56. The lowest BCUT2D eigenvalue weighted by molar-refractivity contribution is 0.00299. The zero-order chi connectivity index (χ0) is 13.1. The predicted molar refractivity (Wildman–Crippen MR) is 67.7 cm³/mol. The molecule has 1 saturated heterocycles. The van der Waals surface area contributed by atoms with Crippen LogP contribution in [0.1, 0.15) is 27.7 Å². The Balaban J connectivity index is 2.52. The molecule has 4 nitrogen and oxygen atoms in total. The standard InChI is InChI=1S/C13H22N2O2/c1-6-7-14-8-9-15(11(2)10-14)12(16)17-13(3,4)5/h1,11H,7-10H2,2-5H3/t11-/m0/s1. The van der Waals surface area contributed by atoms with Crippen LogP contribution in [0.4, 0.5) is 4.79 Å². The molecule has 0 aromatic carbocycles. The summed E-state index contributed by atoms with van der Waals surface area (Å²) in [5.41, 5.74) is -0.438. The van der Waals surface area contributed by atoms with Crippen LogP contribution in [0.25, 0.3) is 0 Å². The molecule has 0 spiro atoms. The van der Waals surface area contributed by atoms with Gasteiger partial charge in [0.05, 0.1) is 6.54 Å². The van der Waals surface area contributed by atoms with Gasteiger partial charge in [-0.15, -0.1) is 6.42 Å². The summed E-state index contributed by atoms with van der Waals surface area (Å²) in [6, 6.07) is 0.145. The van der Waals surface area contributed by atoms with Crippen LogP contribution < -0.4 is 0 Å². The first-order valence-electron chi connectivity index (χ1n) is 5.99. The van der Waals surface area contributed by atoms with Crippen LogP contribution in [0.3, 0.4) is 0 Å². The average molecular weight is 238 g/mol. The van der Waals surface area contributed by atoms with Crippen molar-refractivity contribution in [2.75, 3.05) is 26.2 Å². The van der Waals surface area contributed by atoms with Crippen LogP contribution in [0.5, 0.6) is 0 Å². The van der Waals surface area contributed by atoms with E-state index in [1.807, 2.05) is 27.7 Å².